The van der Waals surface area contributed by atoms with Gasteiger partial charge in [-0.3, -0.25) is 0 Å². The molecule has 1 atom stereocenters. The van der Waals surface area contributed by atoms with Crippen molar-refractivity contribution in [3.63, 3.8) is 0 Å². The predicted molar refractivity (Wildman–Crippen MR) is 71.8 cm³/mol. The Labute approximate surface area is 102 Å². The third-order valence-electron chi connectivity index (χ3n) is 3.88. The molecule has 1 N–H and O–H groups in total. The molecular formula is C14H30N2. The normalized spacial score (nSPS) is 19.5. The Kier molecular flexibility index (Phi) is 7.06. The summed E-state index contributed by atoms with van der Waals surface area (Å²) in [5.74, 6) is 1.05. The smallest absolute Gasteiger partial charge is 0.0166 e. The maximum absolute atomic E-state index is 3.63. The van der Waals surface area contributed by atoms with E-state index in [0.29, 0.717) is 6.04 Å². The van der Waals surface area contributed by atoms with Crippen molar-refractivity contribution in [2.24, 2.45) is 5.92 Å². The van der Waals surface area contributed by atoms with E-state index in [1.165, 1.54) is 51.6 Å². The summed E-state index contributed by atoms with van der Waals surface area (Å²) in [4.78, 5) is 2.37. The van der Waals surface area contributed by atoms with Gasteiger partial charge in [0.1, 0.15) is 0 Å². The molecule has 0 aromatic heterocycles. The molecule has 0 amide bonds. The first-order chi connectivity index (χ1) is 7.72. The third-order valence-corrected chi connectivity index (χ3v) is 3.88. The summed E-state index contributed by atoms with van der Waals surface area (Å²) >= 11 is 0. The van der Waals surface area contributed by atoms with Gasteiger partial charge in [-0.25, -0.2) is 0 Å². The van der Waals surface area contributed by atoms with Crippen molar-refractivity contribution in [3.8, 4) is 0 Å². The van der Waals surface area contributed by atoms with Gasteiger partial charge in [0.25, 0.3) is 0 Å². The Morgan fingerprint density at radius 2 is 2.00 bits per heavy atom. The Morgan fingerprint density at radius 3 is 2.62 bits per heavy atom. The number of hydrogen-bond donors (Lipinski definition) is 1. The maximum atomic E-state index is 3.63. The van der Waals surface area contributed by atoms with Gasteiger partial charge in [-0.1, -0.05) is 32.6 Å². The van der Waals surface area contributed by atoms with Crippen LogP contribution in [0, 0.1) is 5.92 Å². The van der Waals surface area contributed by atoms with Gasteiger partial charge >= 0.3 is 0 Å². The zero-order valence-electron chi connectivity index (χ0n) is 11.5. The van der Waals surface area contributed by atoms with Gasteiger partial charge in [0.05, 0.1) is 0 Å². The number of nitrogens with one attached hydrogen (secondary N) is 1. The highest BCUT2D eigenvalue weighted by Gasteiger charge is 2.14. The molecule has 0 saturated heterocycles. The van der Waals surface area contributed by atoms with Crippen molar-refractivity contribution in [2.75, 3.05) is 26.7 Å². The highest BCUT2D eigenvalue weighted by Crippen LogP contribution is 2.28. The molecule has 0 aromatic carbocycles. The van der Waals surface area contributed by atoms with Crippen LogP contribution in [0.15, 0.2) is 0 Å². The molecule has 0 heterocycles. The fourth-order valence-corrected chi connectivity index (χ4v) is 2.70. The molecule has 0 aromatic rings. The summed E-state index contributed by atoms with van der Waals surface area (Å²) in [6.45, 7) is 8.03. The molecule has 0 bridgehead atoms. The van der Waals surface area contributed by atoms with Crippen molar-refractivity contribution in [1.82, 2.24) is 10.2 Å². The van der Waals surface area contributed by atoms with Crippen LogP contribution in [0.4, 0.5) is 0 Å². The van der Waals surface area contributed by atoms with E-state index in [4.69, 9.17) is 0 Å². The van der Waals surface area contributed by atoms with E-state index in [1.54, 1.807) is 0 Å². The minimum absolute atomic E-state index is 0.633. The van der Waals surface area contributed by atoms with Crippen LogP contribution in [0.3, 0.4) is 0 Å². The van der Waals surface area contributed by atoms with Crippen LogP contribution in [0.2, 0.25) is 0 Å². The van der Waals surface area contributed by atoms with Gasteiger partial charge in [-0.2, -0.15) is 0 Å². The summed E-state index contributed by atoms with van der Waals surface area (Å²) in [6.07, 6.45) is 8.77. The van der Waals surface area contributed by atoms with Crippen molar-refractivity contribution in [2.45, 2.75) is 58.4 Å². The van der Waals surface area contributed by atoms with Crippen LogP contribution < -0.4 is 5.32 Å². The van der Waals surface area contributed by atoms with E-state index in [9.17, 15) is 0 Å². The Bertz CT molecular complexity index is 164. The number of likely N-dealkylation sites (N-methyl/N-ethyl adjacent to an activating group) is 1. The average Bonchev–Trinajstić information content (AvgIpc) is 2.77. The van der Waals surface area contributed by atoms with E-state index in [1.807, 2.05) is 0 Å². The lowest BCUT2D eigenvalue weighted by Crippen LogP contribution is -2.37. The molecular weight excluding hydrogens is 196 g/mol. The Morgan fingerprint density at radius 1 is 1.31 bits per heavy atom. The van der Waals surface area contributed by atoms with Crippen molar-refractivity contribution < 1.29 is 0 Å². The standard InChI is InChI=1S/C14H30N2/c1-4-16(3)12-13(2)15-11-7-10-14-8-5-6-9-14/h13-15H,4-12H2,1-3H3. The van der Waals surface area contributed by atoms with Crippen LogP contribution in [-0.4, -0.2) is 37.6 Å². The second-order valence-corrected chi connectivity index (χ2v) is 5.50. The van der Waals surface area contributed by atoms with E-state index >= 15 is 0 Å². The van der Waals surface area contributed by atoms with Gasteiger partial charge in [-0.05, 0) is 45.8 Å². The SMILES string of the molecule is CCN(C)CC(C)NCCCC1CCCC1. The lowest BCUT2D eigenvalue weighted by Gasteiger charge is -2.21. The van der Waals surface area contributed by atoms with Gasteiger partial charge < -0.3 is 10.2 Å². The molecule has 1 aliphatic carbocycles. The largest absolute Gasteiger partial charge is 0.313 e. The molecule has 1 unspecified atom stereocenters. The highest BCUT2D eigenvalue weighted by atomic mass is 15.1. The molecule has 1 rings (SSSR count). The molecule has 1 fully saturated rings. The molecule has 0 aliphatic heterocycles. The van der Waals surface area contributed by atoms with Crippen molar-refractivity contribution in [3.05, 3.63) is 0 Å². The molecule has 96 valence electrons. The number of hydrogen-bond acceptors (Lipinski definition) is 2. The second kappa shape index (κ2) is 8.08. The van der Waals surface area contributed by atoms with E-state index < -0.39 is 0 Å². The molecule has 16 heavy (non-hydrogen) atoms. The first kappa shape index (κ1) is 14.0. The monoisotopic (exact) mass is 226 g/mol. The van der Waals surface area contributed by atoms with Crippen LogP contribution >= 0.6 is 0 Å². The lowest BCUT2D eigenvalue weighted by molar-refractivity contribution is 0.308. The Balaban J connectivity index is 1.93. The average molecular weight is 226 g/mol. The van der Waals surface area contributed by atoms with Gasteiger partial charge in [0, 0.05) is 12.6 Å². The van der Waals surface area contributed by atoms with Crippen molar-refractivity contribution in [1.29, 1.82) is 0 Å². The topological polar surface area (TPSA) is 15.3 Å². The van der Waals surface area contributed by atoms with Gasteiger partial charge in [-0.15, -0.1) is 0 Å². The third kappa shape index (κ3) is 5.86. The summed E-state index contributed by atoms with van der Waals surface area (Å²) in [5, 5.41) is 3.63. The molecule has 2 nitrogen and oxygen atoms in total. The molecule has 0 radical (unpaired) electrons. The maximum Gasteiger partial charge on any atom is 0.0166 e. The quantitative estimate of drug-likeness (QED) is 0.640. The summed E-state index contributed by atoms with van der Waals surface area (Å²) < 4.78 is 0. The molecule has 1 aliphatic rings. The van der Waals surface area contributed by atoms with Crippen LogP contribution in [0.25, 0.3) is 0 Å². The zero-order valence-corrected chi connectivity index (χ0v) is 11.5. The van der Waals surface area contributed by atoms with Crippen LogP contribution in [-0.2, 0) is 0 Å². The molecule has 1 saturated carbocycles. The van der Waals surface area contributed by atoms with E-state index in [0.717, 1.165) is 12.5 Å². The van der Waals surface area contributed by atoms with Crippen molar-refractivity contribution >= 4 is 0 Å². The van der Waals surface area contributed by atoms with E-state index in [2.05, 4.69) is 31.1 Å². The van der Waals surface area contributed by atoms with Crippen LogP contribution in [0.1, 0.15) is 52.4 Å². The summed E-state index contributed by atoms with van der Waals surface area (Å²) in [5.41, 5.74) is 0. The van der Waals surface area contributed by atoms with Crippen LogP contribution in [0.5, 0.6) is 0 Å². The highest BCUT2D eigenvalue weighted by molar-refractivity contribution is 4.69. The van der Waals surface area contributed by atoms with Gasteiger partial charge in [0.15, 0.2) is 0 Å². The lowest BCUT2D eigenvalue weighted by atomic mass is 10.0. The Hall–Kier alpha value is -0.0800. The summed E-state index contributed by atoms with van der Waals surface area (Å²) in [6, 6.07) is 0.633. The fourth-order valence-electron chi connectivity index (χ4n) is 2.70. The molecule has 2 heteroatoms. The second-order valence-electron chi connectivity index (χ2n) is 5.50. The number of rotatable bonds is 8. The first-order valence-corrected chi connectivity index (χ1v) is 7.14. The minimum atomic E-state index is 0.633. The predicted octanol–water partition coefficient (Wildman–Crippen LogP) is 2.89. The zero-order chi connectivity index (χ0) is 11.8. The number of nitrogens with zero attached hydrogens (tertiary/aromatic N) is 1. The first-order valence-electron chi connectivity index (χ1n) is 7.14. The van der Waals surface area contributed by atoms with E-state index in [-0.39, 0.29) is 0 Å². The van der Waals surface area contributed by atoms with Gasteiger partial charge in [0.2, 0.25) is 0 Å². The minimum Gasteiger partial charge on any atom is -0.313 e. The fraction of sp³-hybridized carbons (Fsp3) is 1.00. The summed E-state index contributed by atoms with van der Waals surface area (Å²) in [7, 11) is 2.19. The molecule has 0 spiro atoms.